The number of thioether (sulfide) groups is 1. The van der Waals surface area contributed by atoms with E-state index >= 15 is 0 Å². The number of amides is 1. The van der Waals surface area contributed by atoms with Crippen LogP contribution in [0.15, 0.2) is 28.6 Å². The normalized spacial score (nSPS) is 15.7. The Morgan fingerprint density at radius 2 is 2.26 bits per heavy atom. The summed E-state index contributed by atoms with van der Waals surface area (Å²) in [5.74, 6) is 0.836. The van der Waals surface area contributed by atoms with E-state index in [1.165, 1.54) is 11.8 Å². The SMILES string of the molecule is O=C(CSc1nc2ccccc2s1)N1CC(CO)C1. The molecule has 1 aliphatic heterocycles. The molecular formula is C13H14N2O2S2. The molecule has 19 heavy (non-hydrogen) atoms. The molecular weight excluding hydrogens is 280 g/mol. The second-order valence-corrected chi connectivity index (χ2v) is 6.84. The Balaban J connectivity index is 1.56. The van der Waals surface area contributed by atoms with Crippen molar-refractivity contribution < 1.29 is 9.90 Å². The molecule has 2 aromatic rings. The number of benzene rings is 1. The highest BCUT2D eigenvalue weighted by atomic mass is 32.2. The fourth-order valence-electron chi connectivity index (χ4n) is 2.02. The Morgan fingerprint density at radius 3 is 3.00 bits per heavy atom. The molecule has 0 aliphatic carbocycles. The molecule has 1 saturated heterocycles. The number of aliphatic hydroxyl groups excluding tert-OH is 1. The van der Waals surface area contributed by atoms with Gasteiger partial charge in [-0.15, -0.1) is 11.3 Å². The molecule has 0 bridgehead atoms. The molecule has 1 aliphatic rings. The summed E-state index contributed by atoms with van der Waals surface area (Å²) in [7, 11) is 0. The fraction of sp³-hybridized carbons (Fsp3) is 0.385. The van der Waals surface area contributed by atoms with Gasteiger partial charge in [0, 0.05) is 25.6 Å². The number of carbonyl (C=O) groups is 1. The van der Waals surface area contributed by atoms with Crippen LogP contribution in [0.5, 0.6) is 0 Å². The lowest BCUT2D eigenvalue weighted by Gasteiger charge is -2.38. The van der Waals surface area contributed by atoms with Gasteiger partial charge in [0.1, 0.15) is 0 Å². The van der Waals surface area contributed by atoms with Crippen LogP contribution < -0.4 is 0 Å². The van der Waals surface area contributed by atoms with Gasteiger partial charge in [0.05, 0.1) is 16.0 Å². The molecule has 1 fully saturated rings. The van der Waals surface area contributed by atoms with Crippen LogP contribution in [0.1, 0.15) is 0 Å². The molecule has 1 N–H and O–H groups in total. The van der Waals surface area contributed by atoms with E-state index in [-0.39, 0.29) is 18.4 Å². The van der Waals surface area contributed by atoms with Gasteiger partial charge >= 0.3 is 0 Å². The van der Waals surface area contributed by atoms with Crippen LogP contribution in [0.4, 0.5) is 0 Å². The fourth-order valence-corrected chi connectivity index (χ4v) is 3.99. The standard InChI is InChI=1S/C13H14N2O2S2/c16-7-9-5-15(6-9)12(17)8-18-13-14-10-3-1-2-4-11(10)19-13/h1-4,9,16H,5-8H2. The van der Waals surface area contributed by atoms with Crippen LogP contribution in [0.3, 0.4) is 0 Å². The number of hydrogen-bond donors (Lipinski definition) is 1. The van der Waals surface area contributed by atoms with Gasteiger partial charge in [-0.1, -0.05) is 23.9 Å². The topological polar surface area (TPSA) is 53.4 Å². The van der Waals surface area contributed by atoms with Crippen molar-refractivity contribution in [2.45, 2.75) is 4.34 Å². The number of thiazole rings is 1. The first-order valence-electron chi connectivity index (χ1n) is 6.13. The molecule has 100 valence electrons. The largest absolute Gasteiger partial charge is 0.396 e. The van der Waals surface area contributed by atoms with E-state index in [9.17, 15) is 4.79 Å². The number of carbonyl (C=O) groups excluding carboxylic acids is 1. The molecule has 0 unspecified atom stereocenters. The second kappa shape index (κ2) is 5.48. The predicted molar refractivity (Wildman–Crippen MR) is 77.5 cm³/mol. The first-order valence-corrected chi connectivity index (χ1v) is 7.93. The van der Waals surface area contributed by atoms with E-state index in [0.29, 0.717) is 18.8 Å². The smallest absolute Gasteiger partial charge is 0.233 e. The molecule has 1 aromatic heterocycles. The molecule has 2 heterocycles. The van der Waals surface area contributed by atoms with Crippen LogP contribution in [-0.2, 0) is 4.79 Å². The highest BCUT2D eigenvalue weighted by molar-refractivity contribution is 8.01. The Bertz CT molecular complexity index is 560. The van der Waals surface area contributed by atoms with E-state index in [4.69, 9.17) is 5.11 Å². The van der Waals surface area contributed by atoms with Gasteiger partial charge in [0.15, 0.2) is 4.34 Å². The first-order chi connectivity index (χ1) is 9.26. The molecule has 6 heteroatoms. The summed E-state index contributed by atoms with van der Waals surface area (Å²) in [4.78, 5) is 18.2. The molecule has 0 atom stereocenters. The molecule has 3 rings (SSSR count). The lowest BCUT2D eigenvalue weighted by Crippen LogP contribution is -2.51. The van der Waals surface area contributed by atoms with Gasteiger partial charge in [-0.2, -0.15) is 0 Å². The third-order valence-electron chi connectivity index (χ3n) is 3.16. The van der Waals surface area contributed by atoms with Crippen molar-refractivity contribution in [2.24, 2.45) is 5.92 Å². The van der Waals surface area contributed by atoms with Gasteiger partial charge in [0.2, 0.25) is 5.91 Å². The Morgan fingerprint density at radius 1 is 1.47 bits per heavy atom. The van der Waals surface area contributed by atoms with Crippen molar-refractivity contribution >= 4 is 39.2 Å². The lowest BCUT2D eigenvalue weighted by molar-refractivity contribution is -0.135. The van der Waals surface area contributed by atoms with Crippen LogP contribution in [0.2, 0.25) is 0 Å². The summed E-state index contributed by atoms with van der Waals surface area (Å²) in [5.41, 5.74) is 0.992. The number of rotatable bonds is 4. The number of aromatic nitrogens is 1. The van der Waals surface area contributed by atoms with Crippen molar-refractivity contribution in [2.75, 3.05) is 25.4 Å². The number of fused-ring (bicyclic) bond motifs is 1. The Kier molecular flexibility index (Phi) is 3.72. The maximum Gasteiger partial charge on any atom is 0.233 e. The molecule has 1 aromatic carbocycles. The number of para-hydroxylation sites is 1. The van der Waals surface area contributed by atoms with Crippen molar-refractivity contribution in [1.82, 2.24) is 9.88 Å². The van der Waals surface area contributed by atoms with Gasteiger partial charge in [0.25, 0.3) is 0 Å². The second-order valence-electron chi connectivity index (χ2n) is 4.58. The minimum atomic E-state index is 0.133. The van der Waals surface area contributed by atoms with E-state index in [1.807, 2.05) is 24.3 Å². The van der Waals surface area contributed by atoms with E-state index in [2.05, 4.69) is 4.98 Å². The van der Waals surface area contributed by atoms with Crippen LogP contribution >= 0.6 is 23.1 Å². The van der Waals surface area contributed by atoms with Crippen molar-refractivity contribution in [3.05, 3.63) is 24.3 Å². The number of likely N-dealkylation sites (tertiary alicyclic amines) is 1. The third kappa shape index (κ3) is 2.75. The zero-order chi connectivity index (χ0) is 13.2. The van der Waals surface area contributed by atoms with Gasteiger partial charge < -0.3 is 10.0 Å². The highest BCUT2D eigenvalue weighted by Gasteiger charge is 2.29. The molecule has 0 spiro atoms. The van der Waals surface area contributed by atoms with Crippen LogP contribution in [0, 0.1) is 5.92 Å². The Hall–Kier alpha value is -1.11. The minimum Gasteiger partial charge on any atom is -0.396 e. The maximum atomic E-state index is 11.9. The summed E-state index contributed by atoms with van der Waals surface area (Å²) in [6.45, 7) is 1.56. The summed E-state index contributed by atoms with van der Waals surface area (Å²) in [6.07, 6.45) is 0. The van der Waals surface area contributed by atoms with Crippen LogP contribution in [-0.4, -0.2) is 46.3 Å². The summed E-state index contributed by atoms with van der Waals surface area (Å²) in [5, 5.41) is 8.92. The average molecular weight is 294 g/mol. The van der Waals surface area contributed by atoms with Gasteiger partial charge in [-0.05, 0) is 12.1 Å². The van der Waals surface area contributed by atoms with Crippen molar-refractivity contribution in [3.8, 4) is 0 Å². The van der Waals surface area contributed by atoms with E-state index in [0.717, 1.165) is 14.6 Å². The number of nitrogens with zero attached hydrogens (tertiary/aromatic N) is 2. The third-order valence-corrected chi connectivity index (χ3v) is 5.33. The van der Waals surface area contributed by atoms with Gasteiger partial charge in [-0.25, -0.2) is 4.98 Å². The summed E-state index contributed by atoms with van der Waals surface area (Å²) < 4.78 is 2.09. The average Bonchev–Trinajstić information content (AvgIpc) is 2.77. The summed E-state index contributed by atoms with van der Waals surface area (Å²) >= 11 is 3.12. The number of aliphatic hydroxyl groups is 1. The number of hydrogen-bond acceptors (Lipinski definition) is 5. The highest BCUT2D eigenvalue weighted by Crippen LogP contribution is 2.29. The maximum absolute atomic E-state index is 11.9. The zero-order valence-corrected chi connectivity index (χ0v) is 11.9. The monoisotopic (exact) mass is 294 g/mol. The minimum absolute atomic E-state index is 0.133. The summed E-state index contributed by atoms with van der Waals surface area (Å²) in [6, 6.07) is 7.99. The van der Waals surface area contributed by atoms with Gasteiger partial charge in [-0.3, -0.25) is 4.79 Å². The van der Waals surface area contributed by atoms with Crippen LogP contribution in [0.25, 0.3) is 10.2 Å². The molecule has 4 nitrogen and oxygen atoms in total. The molecule has 0 radical (unpaired) electrons. The zero-order valence-electron chi connectivity index (χ0n) is 10.3. The predicted octanol–water partition coefficient (Wildman–Crippen LogP) is 1.84. The van der Waals surface area contributed by atoms with E-state index in [1.54, 1.807) is 16.2 Å². The first kappa shape index (κ1) is 12.9. The molecule has 1 amide bonds. The molecule has 0 saturated carbocycles. The quantitative estimate of drug-likeness (QED) is 0.874. The Labute approximate surface area is 119 Å². The lowest BCUT2D eigenvalue weighted by atomic mass is 10.0. The van der Waals surface area contributed by atoms with Crippen molar-refractivity contribution in [3.63, 3.8) is 0 Å². The van der Waals surface area contributed by atoms with E-state index < -0.39 is 0 Å². The van der Waals surface area contributed by atoms with Crippen molar-refractivity contribution in [1.29, 1.82) is 0 Å².